The highest BCUT2D eigenvalue weighted by molar-refractivity contribution is 5.91. The first-order valence-corrected chi connectivity index (χ1v) is 12.9. The van der Waals surface area contributed by atoms with Crippen LogP contribution in [-0.4, -0.2) is 19.2 Å². The molecule has 4 nitrogen and oxygen atoms in total. The Labute approximate surface area is 213 Å². The Balaban J connectivity index is 3.07. The highest BCUT2D eigenvalue weighted by atomic mass is 16.5. The van der Waals surface area contributed by atoms with Gasteiger partial charge in [-0.1, -0.05) is 34.9 Å². The van der Waals surface area contributed by atoms with Crippen LogP contribution in [-0.2, 0) is 4.74 Å². The lowest BCUT2D eigenvalue weighted by Crippen LogP contribution is -2.08. The normalized spacial score (nSPS) is 12.7. The minimum Gasteiger partial charge on any atom is -0.494 e. The third kappa shape index (κ3) is 12.5. The minimum absolute atomic E-state index is 0.380. The molecule has 0 amide bonds. The molecule has 4 heteroatoms. The predicted molar refractivity (Wildman–Crippen MR) is 147 cm³/mol. The molecule has 0 bridgehead atoms. The molecule has 35 heavy (non-hydrogen) atoms. The van der Waals surface area contributed by atoms with Gasteiger partial charge in [0.15, 0.2) is 0 Å². The fourth-order valence-corrected chi connectivity index (χ4v) is 3.53. The molecule has 1 rings (SSSR count). The molecule has 0 atom stereocenters. The van der Waals surface area contributed by atoms with E-state index >= 15 is 0 Å². The zero-order valence-electron chi connectivity index (χ0n) is 23.3. The molecule has 0 aliphatic carbocycles. The van der Waals surface area contributed by atoms with Gasteiger partial charge in [0.25, 0.3) is 0 Å². The molecule has 0 aliphatic rings. The summed E-state index contributed by atoms with van der Waals surface area (Å²) in [5.41, 5.74) is 5.56. The molecule has 1 aromatic rings. The Morgan fingerprint density at radius 1 is 0.771 bits per heavy atom. The van der Waals surface area contributed by atoms with E-state index < -0.39 is 0 Å². The molecule has 0 unspecified atom stereocenters. The molecular formula is C31H46O4. The van der Waals surface area contributed by atoms with Gasteiger partial charge in [0.1, 0.15) is 17.3 Å². The van der Waals surface area contributed by atoms with E-state index in [1.54, 1.807) is 18.2 Å². The molecule has 0 spiro atoms. The van der Waals surface area contributed by atoms with Crippen molar-refractivity contribution in [3.8, 4) is 11.5 Å². The number of esters is 1. The maximum absolute atomic E-state index is 13.2. The molecule has 0 fully saturated rings. The van der Waals surface area contributed by atoms with E-state index in [0.29, 0.717) is 36.7 Å². The lowest BCUT2D eigenvalue weighted by Gasteiger charge is -2.15. The summed E-state index contributed by atoms with van der Waals surface area (Å²) in [6.45, 7) is 17.5. The number of carbonyl (C=O) groups excluding carboxylic acids is 1. The van der Waals surface area contributed by atoms with Crippen molar-refractivity contribution >= 4 is 5.97 Å². The van der Waals surface area contributed by atoms with Crippen molar-refractivity contribution in [3.63, 3.8) is 0 Å². The van der Waals surface area contributed by atoms with E-state index in [2.05, 4.69) is 59.8 Å². The summed E-state index contributed by atoms with van der Waals surface area (Å²) in [5.74, 6) is 1.58. The Kier molecular flexibility index (Phi) is 14.5. The number of rotatable bonds is 15. The van der Waals surface area contributed by atoms with Crippen molar-refractivity contribution in [2.75, 3.05) is 13.2 Å². The summed E-state index contributed by atoms with van der Waals surface area (Å²) >= 11 is 0. The van der Waals surface area contributed by atoms with Crippen LogP contribution in [0.1, 0.15) is 104 Å². The molecule has 0 radical (unpaired) electrons. The number of carbonyl (C=O) groups is 1. The molecule has 0 saturated carbocycles. The van der Waals surface area contributed by atoms with Gasteiger partial charge in [-0.3, -0.25) is 0 Å². The average Bonchev–Trinajstić information content (AvgIpc) is 2.81. The van der Waals surface area contributed by atoms with E-state index in [1.165, 1.54) is 16.7 Å². The standard InChI is InChI=1S/C31H46O4/c1-9-24(6)15-13-16-25(7)18-19-30(26(8)17-12-14-23(4)5)35-31(32)27-20-28(33-10-2)22-29(21-27)34-11-3/h9,14,16,20-22H,10-13,15,17-19H2,1-8H3/b24-9+,25-16+,30-26+. The zero-order chi connectivity index (χ0) is 26.2. The maximum atomic E-state index is 13.2. The van der Waals surface area contributed by atoms with Gasteiger partial charge in [0.05, 0.1) is 18.8 Å². The van der Waals surface area contributed by atoms with Crippen LogP contribution in [0.15, 0.2) is 64.5 Å². The maximum Gasteiger partial charge on any atom is 0.343 e. The summed E-state index contributed by atoms with van der Waals surface area (Å²) in [4.78, 5) is 13.2. The Morgan fingerprint density at radius 3 is 1.91 bits per heavy atom. The van der Waals surface area contributed by atoms with Crippen LogP contribution < -0.4 is 9.47 Å². The number of hydrogen-bond acceptors (Lipinski definition) is 4. The Bertz CT molecular complexity index is 903. The number of benzene rings is 1. The summed E-state index contributed by atoms with van der Waals surface area (Å²) in [5, 5.41) is 0. The van der Waals surface area contributed by atoms with Gasteiger partial charge in [-0.2, -0.15) is 0 Å². The van der Waals surface area contributed by atoms with Crippen LogP contribution in [0.25, 0.3) is 0 Å². The van der Waals surface area contributed by atoms with E-state index in [9.17, 15) is 4.79 Å². The number of hydrogen-bond donors (Lipinski definition) is 0. The van der Waals surface area contributed by atoms with Gasteiger partial charge >= 0.3 is 5.97 Å². The van der Waals surface area contributed by atoms with Gasteiger partial charge < -0.3 is 14.2 Å². The third-order valence-electron chi connectivity index (χ3n) is 5.77. The van der Waals surface area contributed by atoms with Crippen LogP contribution in [0.2, 0.25) is 0 Å². The van der Waals surface area contributed by atoms with Gasteiger partial charge in [-0.15, -0.1) is 0 Å². The van der Waals surface area contributed by atoms with Crippen LogP contribution >= 0.6 is 0 Å². The van der Waals surface area contributed by atoms with Crippen molar-refractivity contribution in [1.29, 1.82) is 0 Å². The summed E-state index contributed by atoms with van der Waals surface area (Å²) in [6, 6.07) is 5.24. The molecular weight excluding hydrogens is 436 g/mol. The first-order chi connectivity index (χ1) is 16.7. The molecule has 0 saturated heterocycles. The largest absolute Gasteiger partial charge is 0.494 e. The quantitative estimate of drug-likeness (QED) is 0.142. The van der Waals surface area contributed by atoms with Crippen LogP contribution in [0.3, 0.4) is 0 Å². The van der Waals surface area contributed by atoms with Crippen molar-refractivity contribution in [2.45, 2.75) is 93.9 Å². The Morgan fingerprint density at radius 2 is 1.37 bits per heavy atom. The second kappa shape index (κ2) is 16.8. The lowest BCUT2D eigenvalue weighted by atomic mass is 10.0. The highest BCUT2D eigenvalue weighted by Crippen LogP contribution is 2.27. The SMILES string of the molecule is C/C=C(\C)CC/C=C(\C)CC/C(OC(=O)c1cc(OCC)cc(OCC)c1)=C(/C)CCC=C(C)C. The van der Waals surface area contributed by atoms with Gasteiger partial charge in [0, 0.05) is 12.5 Å². The minimum atomic E-state index is -0.380. The van der Waals surface area contributed by atoms with E-state index in [-0.39, 0.29) is 5.97 Å². The fourth-order valence-electron chi connectivity index (χ4n) is 3.53. The molecule has 0 heterocycles. The molecule has 0 aromatic heterocycles. The van der Waals surface area contributed by atoms with Crippen LogP contribution in [0.4, 0.5) is 0 Å². The highest BCUT2D eigenvalue weighted by Gasteiger charge is 2.16. The second-order valence-electron chi connectivity index (χ2n) is 9.20. The number of allylic oxidation sites excluding steroid dienone is 8. The van der Waals surface area contributed by atoms with Crippen LogP contribution in [0, 0.1) is 0 Å². The lowest BCUT2D eigenvalue weighted by molar-refractivity contribution is 0.0608. The molecule has 1 aromatic carbocycles. The number of ether oxygens (including phenoxy) is 3. The monoisotopic (exact) mass is 482 g/mol. The molecule has 0 N–H and O–H groups in total. The zero-order valence-corrected chi connectivity index (χ0v) is 23.3. The fraction of sp³-hybridized carbons (Fsp3) is 0.516. The van der Waals surface area contributed by atoms with Gasteiger partial charge in [0.2, 0.25) is 0 Å². The summed E-state index contributed by atoms with van der Waals surface area (Å²) in [6.07, 6.45) is 12.1. The second-order valence-corrected chi connectivity index (χ2v) is 9.20. The molecule has 0 aliphatic heterocycles. The van der Waals surface area contributed by atoms with Crippen molar-refractivity contribution in [3.05, 3.63) is 70.0 Å². The summed E-state index contributed by atoms with van der Waals surface area (Å²) < 4.78 is 17.3. The Hall–Kier alpha value is -2.75. The predicted octanol–water partition coefficient (Wildman–Crippen LogP) is 9.13. The van der Waals surface area contributed by atoms with E-state index in [4.69, 9.17) is 14.2 Å². The average molecular weight is 483 g/mol. The smallest absolute Gasteiger partial charge is 0.343 e. The van der Waals surface area contributed by atoms with Gasteiger partial charge in [-0.25, -0.2) is 4.79 Å². The van der Waals surface area contributed by atoms with E-state index in [0.717, 1.165) is 43.4 Å². The van der Waals surface area contributed by atoms with Gasteiger partial charge in [-0.05, 0) is 105 Å². The first-order valence-electron chi connectivity index (χ1n) is 12.9. The molecule has 194 valence electrons. The topological polar surface area (TPSA) is 44.8 Å². The van der Waals surface area contributed by atoms with Crippen LogP contribution in [0.5, 0.6) is 11.5 Å². The summed E-state index contributed by atoms with van der Waals surface area (Å²) in [7, 11) is 0. The van der Waals surface area contributed by atoms with Crippen molar-refractivity contribution < 1.29 is 19.0 Å². The van der Waals surface area contributed by atoms with Crippen molar-refractivity contribution in [2.24, 2.45) is 0 Å². The van der Waals surface area contributed by atoms with E-state index in [1.807, 2.05) is 13.8 Å². The first kappa shape index (κ1) is 30.3. The third-order valence-corrected chi connectivity index (χ3v) is 5.77. The van der Waals surface area contributed by atoms with Crippen molar-refractivity contribution in [1.82, 2.24) is 0 Å².